The van der Waals surface area contributed by atoms with Gasteiger partial charge in [-0.15, -0.1) is 11.3 Å². The Balaban J connectivity index is 1.76. The summed E-state index contributed by atoms with van der Waals surface area (Å²) < 4.78 is 0. The smallest absolute Gasteiger partial charge is 0.234 e. The van der Waals surface area contributed by atoms with Gasteiger partial charge in [0.25, 0.3) is 0 Å². The molecule has 0 bridgehead atoms. The fourth-order valence-electron chi connectivity index (χ4n) is 2.71. The number of rotatable bonds is 7. The predicted molar refractivity (Wildman–Crippen MR) is 88.5 cm³/mol. The first-order chi connectivity index (χ1) is 10.1. The summed E-state index contributed by atoms with van der Waals surface area (Å²) >= 11 is 1.68. The molecule has 0 saturated carbocycles. The van der Waals surface area contributed by atoms with Crippen LogP contribution in [0.15, 0.2) is 17.5 Å². The fraction of sp³-hybridized carbons (Fsp3) is 0.688. The largest absolute Gasteiger partial charge is 0.350 e. The molecule has 2 N–H and O–H groups in total. The Labute approximate surface area is 131 Å². The zero-order valence-electron chi connectivity index (χ0n) is 13.1. The second-order valence-electron chi connectivity index (χ2n) is 6.09. The Morgan fingerprint density at radius 2 is 2.43 bits per heavy atom. The fourth-order valence-corrected chi connectivity index (χ4v) is 3.35. The minimum Gasteiger partial charge on any atom is -0.350 e. The SMILES string of the molecule is CC(C)N(CC(=O)NCc1cccs1)CC1CCCNC1. The average Bonchev–Trinajstić information content (AvgIpc) is 2.99. The highest BCUT2D eigenvalue weighted by molar-refractivity contribution is 7.09. The van der Waals surface area contributed by atoms with Gasteiger partial charge in [-0.1, -0.05) is 6.07 Å². The first kappa shape index (κ1) is 16.5. The van der Waals surface area contributed by atoms with E-state index in [4.69, 9.17) is 0 Å². The topological polar surface area (TPSA) is 44.4 Å². The minimum absolute atomic E-state index is 0.126. The standard InChI is InChI=1S/C16H27N3OS/c1-13(2)19(11-14-5-3-7-17-9-14)12-16(20)18-10-15-6-4-8-21-15/h4,6,8,13-14,17H,3,5,7,9-12H2,1-2H3,(H,18,20). The maximum atomic E-state index is 12.1. The van der Waals surface area contributed by atoms with Crippen LogP contribution in [0.3, 0.4) is 0 Å². The van der Waals surface area contributed by atoms with E-state index < -0.39 is 0 Å². The van der Waals surface area contributed by atoms with Crippen LogP contribution in [-0.4, -0.2) is 43.0 Å². The Morgan fingerprint density at radius 1 is 1.57 bits per heavy atom. The summed E-state index contributed by atoms with van der Waals surface area (Å²) in [7, 11) is 0. The molecule has 1 aromatic rings. The third kappa shape index (κ3) is 5.77. The van der Waals surface area contributed by atoms with Crippen LogP contribution < -0.4 is 10.6 Å². The van der Waals surface area contributed by atoms with Crippen LogP contribution >= 0.6 is 11.3 Å². The number of carbonyl (C=O) groups is 1. The molecule has 1 amide bonds. The van der Waals surface area contributed by atoms with Crippen molar-refractivity contribution in [3.63, 3.8) is 0 Å². The van der Waals surface area contributed by atoms with Crippen molar-refractivity contribution in [3.05, 3.63) is 22.4 Å². The quantitative estimate of drug-likeness (QED) is 0.810. The van der Waals surface area contributed by atoms with Crippen LogP contribution in [0.25, 0.3) is 0 Å². The molecule has 1 aliphatic heterocycles. The average molecular weight is 309 g/mol. The molecule has 118 valence electrons. The highest BCUT2D eigenvalue weighted by Gasteiger charge is 2.20. The molecule has 4 nitrogen and oxygen atoms in total. The zero-order valence-corrected chi connectivity index (χ0v) is 13.9. The van der Waals surface area contributed by atoms with Crippen molar-refractivity contribution in [2.45, 2.75) is 39.3 Å². The van der Waals surface area contributed by atoms with Crippen LogP contribution in [0.5, 0.6) is 0 Å². The third-order valence-corrected chi connectivity index (χ3v) is 4.88. The maximum absolute atomic E-state index is 12.1. The van der Waals surface area contributed by atoms with Crippen molar-refractivity contribution in [2.24, 2.45) is 5.92 Å². The lowest BCUT2D eigenvalue weighted by Crippen LogP contribution is -2.45. The summed E-state index contributed by atoms with van der Waals surface area (Å²) in [5.41, 5.74) is 0. The van der Waals surface area contributed by atoms with E-state index in [1.165, 1.54) is 17.7 Å². The number of nitrogens with one attached hydrogen (secondary N) is 2. The van der Waals surface area contributed by atoms with Crippen molar-refractivity contribution >= 4 is 17.2 Å². The number of nitrogens with zero attached hydrogens (tertiary/aromatic N) is 1. The van der Waals surface area contributed by atoms with E-state index in [-0.39, 0.29) is 5.91 Å². The van der Waals surface area contributed by atoms with Gasteiger partial charge in [0.1, 0.15) is 0 Å². The Morgan fingerprint density at radius 3 is 3.05 bits per heavy atom. The van der Waals surface area contributed by atoms with E-state index in [0.29, 0.717) is 25.0 Å². The van der Waals surface area contributed by atoms with Crippen molar-refractivity contribution in [1.29, 1.82) is 0 Å². The van der Waals surface area contributed by atoms with Gasteiger partial charge in [-0.2, -0.15) is 0 Å². The highest BCUT2D eigenvalue weighted by atomic mass is 32.1. The molecule has 0 spiro atoms. The van der Waals surface area contributed by atoms with Gasteiger partial charge in [-0.3, -0.25) is 9.69 Å². The van der Waals surface area contributed by atoms with Gasteiger partial charge in [-0.05, 0) is 57.1 Å². The molecular weight excluding hydrogens is 282 g/mol. The molecule has 2 rings (SSSR count). The van der Waals surface area contributed by atoms with Gasteiger partial charge in [-0.25, -0.2) is 0 Å². The number of thiophene rings is 1. The molecule has 5 heteroatoms. The number of piperidine rings is 1. The molecule has 2 heterocycles. The molecule has 0 radical (unpaired) electrons. The van der Waals surface area contributed by atoms with Gasteiger partial charge in [0.05, 0.1) is 13.1 Å². The van der Waals surface area contributed by atoms with Gasteiger partial charge in [0.15, 0.2) is 0 Å². The second-order valence-corrected chi connectivity index (χ2v) is 7.12. The molecule has 21 heavy (non-hydrogen) atoms. The molecule has 1 atom stereocenters. The monoisotopic (exact) mass is 309 g/mol. The zero-order chi connectivity index (χ0) is 15.1. The lowest BCUT2D eigenvalue weighted by Gasteiger charge is -2.32. The van der Waals surface area contributed by atoms with Crippen molar-refractivity contribution in [1.82, 2.24) is 15.5 Å². The van der Waals surface area contributed by atoms with Crippen LogP contribution in [0.1, 0.15) is 31.6 Å². The van der Waals surface area contributed by atoms with Gasteiger partial charge in [0, 0.05) is 17.5 Å². The second kappa shape index (κ2) is 8.51. The molecule has 0 aliphatic carbocycles. The predicted octanol–water partition coefficient (Wildman–Crippen LogP) is 2.07. The lowest BCUT2D eigenvalue weighted by molar-refractivity contribution is -0.123. The summed E-state index contributed by atoms with van der Waals surface area (Å²) in [6.45, 7) is 8.72. The molecule has 1 aromatic heterocycles. The van der Waals surface area contributed by atoms with E-state index in [0.717, 1.165) is 19.6 Å². The number of amides is 1. The first-order valence-electron chi connectivity index (χ1n) is 7.89. The summed E-state index contributed by atoms with van der Waals surface area (Å²) in [5.74, 6) is 0.798. The van der Waals surface area contributed by atoms with E-state index in [2.05, 4.69) is 35.4 Å². The van der Waals surface area contributed by atoms with E-state index >= 15 is 0 Å². The lowest BCUT2D eigenvalue weighted by atomic mass is 9.98. The van der Waals surface area contributed by atoms with Crippen molar-refractivity contribution in [2.75, 3.05) is 26.2 Å². The Bertz CT molecular complexity index is 413. The van der Waals surface area contributed by atoms with E-state index in [9.17, 15) is 4.79 Å². The third-order valence-electron chi connectivity index (χ3n) is 4.01. The van der Waals surface area contributed by atoms with E-state index in [1.54, 1.807) is 11.3 Å². The van der Waals surface area contributed by atoms with Gasteiger partial charge >= 0.3 is 0 Å². The van der Waals surface area contributed by atoms with Crippen LogP contribution in [0, 0.1) is 5.92 Å². The van der Waals surface area contributed by atoms with E-state index in [1.807, 2.05) is 11.4 Å². The summed E-state index contributed by atoms with van der Waals surface area (Å²) in [4.78, 5) is 15.6. The first-order valence-corrected chi connectivity index (χ1v) is 8.77. The molecule has 1 unspecified atom stereocenters. The Hall–Kier alpha value is -0.910. The van der Waals surface area contributed by atoms with Crippen LogP contribution in [-0.2, 0) is 11.3 Å². The highest BCUT2D eigenvalue weighted by Crippen LogP contribution is 2.13. The molecular formula is C16H27N3OS. The van der Waals surface area contributed by atoms with Crippen molar-refractivity contribution in [3.8, 4) is 0 Å². The molecule has 1 fully saturated rings. The number of carbonyl (C=O) groups excluding carboxylic acids is 1. The summed E-state index contributed by atoms with van der Waals surface area (Å²) in [5, 5.41) is 8.51. The Kier molecular flexibility index (Phi) is 6.67. The summed E-state index contributed by atoms with van der Waals surface area (Å²) in [6.07, 6.45) is 2.52. The summed E-state index contributed by atoms with van der Waals surface area (Å²) in [6, 6.07) is 4.47. The van der Waals surface area contributed by atoms with Gasteiger partial charge < -0.3 is 10.6 Å². The minimum atomic E-state index is 0.126. The normalized spacial score (nSPS) is 19.1. The van der Waals surface area contributed by atoms with Crippen molar-refractivity contribution < 1.29 is 4.79 Å². The molecule has 1 aliphatic rings. The maximum Gasteiger partial charge on any atom is 0.234 e. The molecule has 0 aromatic carbocycles. The van der Waals surface area contributed by atoms with Gasteiger partial charge in [0.2, 0.25) is 5.91 Å². The molecule has 1 saturated heterocycles. The number of hydrogen-bond acceptors (Lipinski definition) is 4. The number of hydrogen-bond donors (Lipinski definition) is 2. The van der Waals surface area contributed by atoms with Crippen LogP contribution in [0.4, 0.5) is 0 Å². The van der Waals surface area contributed by atoms with Crippen LogP contribution in [0.2, 0.25) is 0 Å².